The Bertz CT molecular complexity index is 485. The molecule has 0 aliphatic heterocycles. The van der Waals surface area contributed by atoms with Gasteiger partial charge in [-0.2, -0.15) is 0 Å². The molecule has 0 heterocycles. The SMILES string of the molecule is O=C(CCS(=O)(=O)C(Cl)Cl)OCc1ccccc1. The Balaban J connectivity index is 2.35. The molecule has 1 aromatic carbocycles. The Hall–Kier alpha value is -0.780. The number of benzene rings is 1. The van der Waals surface area contributed by atoms with Crippen molar-refractivity contribution in [1.29, 1.82) is 0 Å². The number of halogens is 2. The van der Waals surface area contributed by atoms with Crippen LogP contribution in [-0.4, -0.2) is 24.3 Å². The summed E-state index contributed by atoms with van der Waals surface area (Å²) in [5.41, 5.74) is 0.835. The average Bonchev–Trinajstić information content (AvgIpc) is 2.35. The predicted molar refractivity (Wildman–Crippen MR) is 70.1 cm³/mol. The van der Waals surface area contributed by atoms with Gasteiger partial charge in [-0.3, -0.25) is 4.79 Å². The predicted octanol–water partition coefficient (Wildman–Crippen LogP) is 2.30. The molecule has 1 aromatic rings. The van der Waals surface area contributed by atoms with Crippen molar-refractivity contribution in [3.05, 3.63) is 35.9 Å². The van der Waals surface area contributed by atoms with Gasteiger partial charge in [0.1, 0.15) is 6.61 Å². The first-order valence-electron chi connectivity index (χ1n) is 5.11. The van der Waals surface area contributed by atoms with Crippen LogP contribution in [0.3, 0.4) is 0 Å². The highest BCUT2D eigenvalue weighted by Crippen LogP contribution is 2.13. The molecule has 0 spiro atoms. The van der Waals surface area contributed by atoms with Gasteiger partial charge in [0.05, 0.1) is 12.2 Å². The van der Waals surface area contributed by atoms with E-state index in [1.807, 2.05) is 18.2 Å². The number of sulfone groups is 1. The molecule has 100 valence electrons. The number of carbonyl (C=O) groups is 1. The van der Waals surface area contributed by atoms with E-state index >= 15 is 0 Å². The summed E-state index contributed by atoms with van der Waals surface area (Å²) >= 11 is 10.5. The van der Waals surface area contributed by atoms with Crippen LogP contribution in [0.2, 0.25) is 0 Å². The topological polar surface area (TPSA) is 60.4 Å². The minimum Gasteiger partial charge on any atom is -0.461 e. The van der Waals surface area contributed by atoms with Crippen LogP contribution in [-0.2, 0) is 26.0 Å². The van der Waals surface area contributed by atoms with E-state index in [-0.39, 0.29) is 13.0 Å². The summed E-state index contributed by atoms with van der Waals surface area (Å²) in [6.45, 7) is 0.116. The molecule has 0 bridgehead atoms. The van der Waals surface area contributed by atoms with Crippen molar-refractivity contribution in [3.63, 3.8) is 0 Å². The maximum absolute atomic E-state index is 11.3. The number of esters is 1. The first kappa shape index (κ1) is 15.3. The first-order chi connectivity index (χ1) is 8.42. The van der Waals surface area contributed by atoms with Gasteiger partial charge in [0.15, 0.2) is 9.84 Å². The standard InChI is InChI=1S/C11H12Cl2O4S/c12-11(13)18(15,16)7-6-10(14)17-8-9-4-2-1-3-5-9/h1-5,11H,6-8H2. The van der Waals surface area contributed by atoms with Gasteiger partial charge in [-0.05, 0) is 5.56 Å². The third kappa shape index (κ3) is 5.25. The highest BCUT2D eigenvalue weighted by molar-refractivity contribution is 7.94. The fourth-order valence-electron chi connectivity index (χ4n) is 1.12. The first-order valence-corrected chi connectivity index (χ1v) is 7.70. The molecule has 18 heavy (non-hydrogen) atoms. The Morgan fingerprint density at radius 1 is 1.22 bits per heavy atom. The maximum atomic E-state index is 11.3. The van der Waals surface area contributed by atoms with Crippen molar-refractivity contribution in [2.45, 2.75) is 17.2 Å². The van der Waals surface area contributed by atoms with Crippen LogP contribution in [0.15, 0.2) is 30.3 Å². The zero-order chi connectivity index (χ0) is 13.6. The zero-order valence-corrected chi connectivity index (χ0v) is 11.7. The molecule has 0 aromatic heterocycles. The van der Waals surface area contributed by atoms with Gasteiger partial charge >= 0.3 is 5.97 Å². The van der Waals surface area contributed by atoms with Crippen LogP contribution >= 0.6 is 23.2 Å². The van der Waals surface area contributed by atoms with Gasteiger partial charge in [-0.15, -0.1) is 0 Å². The van der Waals surface area contributed by atoms with Crippen molar-refractivity contribution < 1.29 is 17.9 Å². The molecule has 0 aliphatic carbocycles. The number of hydrogen-bond donors (Lipinski definition) is 0. The second-order valence-corrected chi connectivity index (χ2v) is 7.34. The van der Waals surface area contributed by atoms with Crippen LogP contribution in [0.1, 0.15) is 12.0 Å². The lowest BCUT2D eigenvalue weighted by Crippen LogP contribution is -2.17. The molecule has 0 saturated carbocycles. The number of ether oxygens (including phenoxy) is 1. The molecule has 1 rings (SSSR count). The van der Waals surface area contributed by atoms with E-state index in [4.69, 9.17) is 27.9 Å². The van der Waals surface area contributed by atoms with Crippen LogP contribution in [0.25, 0.3) is 0 Å². The van der Waals surface area contributed by atoms with Crippen molar-refractivity contribution in [2.24, 2.45) is 0 Å². The van der Waals surface area contributed by atoms with E-state index in [0.717, 1.165) is 5.56 Å². The number of alkyl halides is 2. The molecule has 7 heteroatoms. The number of carbonyl (C=O) groups excluding carboxylic acids is 1. The van der Waals surface area contributed by atoms with Gasteiger partial charge in [0, 0.05) is 0 Å². The third-order valence-electron chi connectivity index (χ3n) is 2.10. The maximum Gasteiger partial charge on any atom is 0.307 e. The summed E-state index contributed by atoms with van der Waals surface area (Å²) < 4.78 is 25.9. The summed E-state index contributed by atoms with van der Waals surface area (Å²) in [4.78, 5) is 11.3. The molecular weight excluding hydrogens is 299 g/mol. The molecule has 0 aliphatic rings. The van der Waals surface area contributed by atoms with Gasteiger partial charge in [0.25, 0.3) is 0 Å². The van der Waals surface area contributed by atoms with Gasteiger partial charge in [0.2, 0.25) is 4.17 Å². The van der Waals surface area contributed by atoms with Gasteiger partial charge < -0.3 is 4.74 Å². The largest absolute Gasteiger partial charge is 0.461 e. The molecule has 0 saturated heterocycles. The van der Waals surface area contributed by atoms with Gasteiger partial charge in [-0.1, -0.05) is 53.5 Å². The quantitative estimate of drug-likeness (QED) is 0.597. The highest BCUT2D eigenvalue weighted by atomic mass is 35.5. The molecule has 0 atom stereocenters. The average molecular weight is 311 g/mol. The Kier molecular flexibility index (Phi) is 5.91. The zero-order valence-electron chi connectivity index (χ0n) is 9.38. The molecule has 0 fully saturated rings. The molecule has 0 amide bonds. The van der Waals surface area contributed by atoms with Crippen molar-refractivity contribution in [1.82, 2.24) is 0 Å². The minimum atomic E-state index is -3.65. The van der Waals surface area contributed by atoms with Crippen molar-refractivity contribution in [3.8, 4) is 0 Å². The van der Waals surface area contributed by atoms with E-state index < -0.39 is 25.7 Å². The summed E-state index contributed by atoms with van der Waals surface area (Å²) in [6, 6.07) is 9.09. The summed E-state index contributed by atoms with van der Waals surface area (Å²) in [5, 5.41) is 0. The monoisotopic (exact) mass is 310 g/mol. The molecule has 0 N–H and O–H groups in total. The summed E-state index contributed by atoms with van der Waals surface area (Å²) in [7, 11) is -3.65. The van der Waals surface area contributed by atoms with E-state index in [9.17, 15) is 13.2 Å². The highest BCUT2D eigenvalue weighted by Gasteiger charge is 2.21. The van der Waals surface area contributed by atoms with E-state index in [1.54, 1.807) is 12.1 Å². The van der Waals surface area contributed by atoms with Crippen molar-refractivity contribution in [2.75, 3.05) is 5.75 Å². The fourth-order valence-corrected chi connectivity index (χ4v) is 2.29. The lowest BCUT2D eigenvalue weighted by Gasteiger charge is -2.06. The van der Waals surface area contributed by atoms with Crippen molar-refractivity contribution >= 4 is 39.0 Å². The lowest BCUT2D eigenvalue weighted by molar-refractivity contribution is -0.144. The third-order valence-corrected chi connectivity index (χ3v) is 5.05. The second kappa shape index (κ2) is 6.97. The van der Waals surface area contributed by atoms with Crippen LogP contribution in [0.4, 0.5) is 0 Å². The van der Waals surface area contributed by atoms with Crippen LogP contribution in [0.5, 0.6) is 0 Å². The van der Waals surface area contributed by atoms with Crippen LogP contribution in [0, 0.1) is 0 Å². The summed E-state index contributed by atoms with van der Waals surface area (Å²) in [6.07, 6.45) is -0.259. The Morgan fingerprint density at radius 3 is 2.39 bits per heavy atom. The van der Waals surface area contributed by atoms with E-state index in [1.165, 1.54) is 0 Å². The Labute approximate surface area is 116 Å². The minimum absolute atomic E-state index is 0.116. The molecule has 0 unspecified atom stereocenters. The molecular formula is C11H12Cl2O4S. The second-order valence-electron chi connectivity index (χ2n) is 3.52. The molecule has 0 radical (unpaired) electrons. The van der Waals surface area contributed by atoms with E-state index in [2.05, 4.69) is 0 Å². The van der Waals surface area contributed by atoms with Crippen LogP contribution < -0.4 is 0 Å². The number of hydrogen-bond acceptors (Lipinski definition) is 4. The number of rotatable bonds is 6. The smallest absolute Gasteiger partial charge is 0.307 e. The summed E-state index contributed by atoms with van der Waals surface area (Å²) in [5.74, 6) is -1.02. The normalized spacial score (nSPS) is 11.5. The molecule has 4 nitrogen and oxygen atoms in total. The Morgan fingerprint density at radius 2 is 1.83 bits per heavy atom. The van der Waals surface area contributed by atoms with Gasteiger partial charge in [-0.25, -0.2) is 8.42 Å². The van der Waals surface area contributed by atoms with E-state index in [0.29, 0.717) is 0 Å². The lowest BCUT2D eigenvalue weighted by atomic mass is 10.2. The fraction of sp³-hybridized carbons (Fsp3) is 0.364.